The van der Waals surface area contributed by atoms with E-state index in [2.05, 4.69) is 54.5 Å². The van der Waals surface area contributed by atoms with E-state index in [9.17, 15) is 76.6 Å². The van der Waals surface area contributed by atoms with Crippen LogP contribution in [0, 0.1) is 50.2 Å². The zero-order valence-corrected chi connectivity index (χ0v) is 49.0. The van der Waals surface area contributed by atoms with E-state index >= 15 is 4.79 Å². The topological polar surface area (TPSA) is 413 Å². The highest BCUT2D eigenvalue weighted by atomic mass is 16.8. The number of rotatable bonds is 13. The molecule has 31 atom stereocenters. The Morgan fingerprint density at radius 1 is 0.536 bits per heavy atom. The van der Waals surface area contributed by atoms with Crippen molar-refractivity contribution in [2.24, 2.45) is 50.2 Å². The second-order valence-electron chi connectivity index (χ2n) is 28.3. The van der Waals surface area contributed by atoms with Gasteiger partial charge in [0.25, 0.3) is 0 Å². The van der Waals surface area contributed by atoms with Crippen molar-refractivity contribution in [3.63, 3.8) is 0 Å². The number of aliphatic hydroxyl groups excluding tert-OH is 15. The maximum Gasteiger partial charge on any atom is 0.315 e. The molecular formula is C58H94O26. The molecule has 0 aromatic heterocycles. The van der Waals surface area contributed by atoms with Gasteiger partial charge in [-0.1, -0.05) is 60.1 Å². The van der Waals surface area contributed by atoms with E-state index in [1.165, 1.54) is 5.57 Å². The van der Waals surface area contributed by atoms with E-state index in [0.29, 0.717) is 44.9 Å². The first-order valence-electron chi connectivity index (χ1n) is 30.1. The van der Waals surface area contributed by atoms with Crippen molar-refractivity contribution in [3.05, 3.63) is 11.6 Å². The Morgan fingerprint density at radius 3 is 1.71 bits per heavy atom. The fourth-order valence-electron chi connectivity index (χ4n) is 17.2. The number of allylic oxidation sites excluding steroid dienone is 2. The fraction of sp³-hybridized carbons (Fsp3) is 0.948. The van der Waals surface area contributed by atoms with E-state index in [-0.39, 0.29) is 46.0 Å². The summed E-state index contributed by atoms with van der Waals surface area (Å²) in [6.07, 6.45) is -28.4. The summed E-state index contributed by atoms with van der Waals surface area (Å²) in [5.74, 6) is -0.626. The second-order valence-corrected chi connectivity index (χ2v) is 28.3. The fourth-order valence-corrected chi connectivity index (χ4v) is 17.2. The maximum absolute atomic E-state index is 15.2. The molecule has 0 aromatic carbocycles. The number of carbonyl (C=O) groups is 1. The Bertz CT molecular complexity index is 2330. The number of carbonyl (C=O) groups excluding carboxylic acids is 1. The Balaban J connectivity index is 0.865. The first-order chi connectivity index (χ1) is 39.3. The summed E-state index contributed by atoms with van der Waals surface area (Å²) in [6.45, 7) is 13.3. The van der Waals surface area contributed by atoms with E-state index < -0.39 is 191 Å². The van der Waals surface area contributed by atoms with Crippen LogP contribution in [0.4, 0.5) is 0 Å². The molecule has 1 unspecified atom stereocenters. The van der Waals surface area contributed by atoms with Gasteiger partial charge in [-0.15, -0.1) is 0 Å². The first kappa shape index (κ1) is 65.2. The smallest absolute Gasteiger partial charge is 0.315 e. The average molecular weight is 1210 g/mol. The molecule has 0 spiro atoms. The molecule has 26 nitrogen and oxygen atoms in total. The molecule has 5 heterocycles. The summed E-state index contributed by atoms with van der Waals surface area (Å²) in [4.78, 5) is 15.2. The SMILES string of the molecule is CC1(C)CC[C@]2(C(=O)O[C@@H]3O[C@H](CO[C@@H]4O[C@H](CO)[C@@H](O)[C@H](O)[C@H]4O)[C@@H](O)[C@H](O)[C@H]3O)CC[C@]3(C)C(=CC[C@@H]4[C@@]5(C)CCC(O[C@@H]6O[C@H](CO[C@@H]7OC[C@H](O)[C@H](O)[C@H]7O)[C@@H](O)[C@H](O)[C@H]6O[C@@H]6OC[C@@H](O)[C@H](O)[C@H]6O)C(C)(C)[C@@H]5CC[C@]43C)[C@@H]2C1. The molecule has 84 heavy (non-hydrogen) atoms. The zero-order valence-electron chi connectivity index (χ0n) is 49.0. The standard InChI is InChI=1S/C58H94O26/c1-53(2)14-16-58(52(74)84-50-45(73)40(68)37(65)29(80-50)23-78-48-44(72)39(67)36(64)28(19-59)79-48)17-15-56(6)24(25(58)18-53)8-9-32-55(5)12-11-33(54(3,4)31(55)10-13-57(32,56)7)82-51-46(83-49-43(71)35(63)27(61)21-76-49)41(69)38(66)30(81-51)22-77-47-42(70)34(62)26(60)20-75-47/h8,25-51,59-73H,9-23H2,1-7H3/t25-,26-,27+,28+,29+,30+,31-,32+,33?,34-,35-,36+,37+,38+,39-,40-,41-,42+,43+,44+,45+,46+,47-,48+,49-,50-,51-,55-,56+,57+,58-/m0/s1. The van der Waals surface area contributed by atoms with Gasteiger partial charge in [-0.2, -0.15) is 0 Å². The lowest BCUT2D eigenvalue weighted by atomic mass is 9.33. The van der Waals surface area contributed by atoms with Crippen LogP contribution in [0.2, 0.25) is 0 Å². The first-order valence-corrected chi connectivity index (χ1v) is 30.1. The third kappa shape index (κ3) is 11.1. The molecule has 5 aliphatic carbocycles. The molecule has 9 fully saturated rings. The molecule has 15 N–H and O–H groups in total. The van der Waals surface area contributed by atoms with Crippen LogP contribution < -0.4 is 0 Å². The van der Waals surface area contributed by atoms with Gasteiger partial charge in [0, 0.05) is 0 Å². The highest BCUT2D eigenvalue weighted by Crippen LogP contribution is 2.76. The van der Waals surface area contributed by atoms with Gasteiger partial charge in [0.2, 0.25) is 6.29 Å². The predicted octanol–water partition coefficient (Wildman–Crippen LogP) is -2.93. The van der Waals surface area contributed by atoms with Gasteiger partial charge in [0.15, 0.2) is 25.2 Å². The Labute approximate surface area is 488 Å². The second kappa shape index (κ2) is 24.1. The number of fused-ring (bicyclic) bond motifs is 7. The Hall–Kier alpha value is -1.75. The van der Waals surface area contributed by atoms with Crippen molar-refractivity contribution in [3.8, 4) is 0 Å². The third-order valence-electron chi connectivity index (χ3n) is 22.7. The molecule has 482 valence electrons. The molecule has 0 aromatic rings. The van der Waals surface area contributed by atoms with E-state index in [4.69, 9.17) is 47.4 Å². The quantitative estimate of drug-likeness (QED) is 0.0499. The Morgan fingerprint density at radius 2 is 1.07 bits per heavy atom. The van der Waals surface area contributed by atoms with Gasteiger partial charge >= 0.3 is 5.97 Å². The van der Waals surface area contributed by atoms with Crippen LogP contribution in [0.15, 0.2) is 11.6 Å². The summed E-state index contributed by atoms with van der Waals surface area (Å²) in [5, 5.41) is 160. The number of hydrogen-bond acceptors (Lipinski definition) is 26. The van der Waals surface area contributed by atoms with Crippen molar-refractivity contribution in [2.75, 3.05) is 33.0 Å². The van der Waals surface area contributed by atoms with Gasteiger partial charge in [0.1, 0.15) is 110 Å². The number of hydrogen-bond donors (Lipinski definition) is 15. The maximum atomic E-state index is 15.2. The summed E-state index contributed by atoms with van der Waals surface area (Å²) in [5.41, 5.74) is -1.46. The van der Waals surface area contributed by atoms with Gasteiger partial charge in [-0.3, -0.25) is 4.79 Å². The van der Waals surface area contributed by atoms with Crippen LogP contribution in [0.3, 0.4) is 0 Å². The lowest BCUT2D eigenvalue weighted by Crippen LogP contribution is -2.67. The molecule has 4 saturated carbocycles. The van der Waals surface area contributed by atoms with E-state index in [0.717, 1.165) is 19.3 Å². The molecule has 5 aliphatic heterocycles. The van der Waals surface area contributed by atoms with Gasteiger partial charge in [-0.25, -0.2) is 0 Å². The zero-order chi connectivity index (χ0) is 61.1. The number of ether oxygens (including phenoxy) is 10. The molecule has 10 rings (SSSR count). The Kier molecular flexibility index (Phi) is 18.7. The largest absolute Gasteiger partial charge is 0.432 e. The summed E-state index contributed by atoms with van der Waals surface area (Å²) in [6, 6.07) is 0. The molecule has 0 amide bonds. The highest BCUT2D eigenvalue weighted by molar-refractivity contribution is 5.79. The van der Waals surface area contributed by atoms with E-state index in [1.807, 2.05) is 0 Å². The van der Waals surface area contributed by atoms with Crippen LogP contribution in [0.5, 0.6) is 0 Å². The molecular weight excluding hydrogens is 1110 g/mol. The van der Waals surface area contributed by atoms with Crippen molar-refractivity contribution in [2.45, 2.75) is 260 Å². The summed E-state index contributed by atoms with van der Waals surface area (Å²) >= 11 is 0. The number of aliphatic hydroxyl groups is 15. The normalized spacial score (nSPS) is 53.7. The lowest BCUT2D eigenvalue weighted by Gasteiger charge is -2.71. The third-order valence-corrected chi connectivity index (χ3v) is 22.7. The monoisotopic (exact) mass is 1210 g/mol. The van der Waals surface area contributed by atoms with Crippen LogP contribution in [0.1, 0.15) is 113 Å². The summed E-state index contributed by atoms with van der Waals surface area (Å²) < 4.78 is 59.4. The van der Waals surface area contributed by atoms with Gasteiger partial charge in [0.05, 0.1) is 44.6 Å². The van der Waals surface area contributed by atoms with Gasteiger partial charge < -0.3 is 124 Å². The van der Waals surface area contributed by atoms with Crippen LogP contribution in [0.25, 0.3) is 0 Å². The molecule has 5 saturated heterocycles. The minimum atomic E-state index is -1.85. The molecule has 0 bridgehead atoms. The van der Waals surface area contributed by atoms with Gasteiger partial charge in [-0.05, 0) is 109 Å². The average Bonchev–Trinajstić information content (AvgIpc) is 0.738. The minimum Gasteiger partial charge on any atom is -0.432 e. The number of esters is 1. The molecule has 26 heteroatoms. The van der Waals surface area contributed by atoms with Crippen molar-refractivity contribution < 1.29 is 129 Å². The predicted molar refractivity (Wildman–Crippen MR) is 283 cm³/mol. The van der Waals surface area contributed by atoms with Crippen LogP contribution >= 0.6 is 0 Å². The van der Waals surface area contributed by atoms with Crippen LogP contribution in [-0.2, 0) is 52.2 Å². The van der Waals surface area contributed by atoms with Crippen molar-refractivity contribution >= 4 is 5.97 Å². The van der Waals surface area contributed by atoms with Crippen molar-refractivity contribution in [1.82, 2.24) is 0 Å². The van der Waals surface area contributed by atoms with E-state index in [1.54, 1.807) is 0 Å². The van der Waals surface area contributed by atoms with Crippen molar-refractivity contribution in [1.29, 1.82) is 0 Å². The highest BCUT2D eigenvalue weighted by Gasteiger charge is 2.70. The lowest BCUT2D eigenvalue weighted by molar-refractivity contribution is -0.374. The molecule has 10 aliphatic rings. The summed E-state index contributed by atoms with van der Waals surface area (Å²) in [7, 11) is 0. The molecule has 0 radical (unpaired) electrons. The van der Waals surface area contributed by atoms with Crippen LogP contribution in [-0.4, -0.2) is 263 Å². The minimum absolute atomic E-state index is 0.0679.